The number of hydrogen-bond donors (Lipinski definition) is 0. The first kappa shape index (κ1) is 22.5. The molecule has 2 aromatic carbocycles. The van der Waals surface area contributed by atoms with E-state index < -0.39 is 0 Å². The fraction of sp³-hybridized carbons (Fsp3) is 0.174. The molecular formula is C23H19Cl2N3O3S. The number of halogens is 2. The first-order valence-corrected chi connectivity index (χ1v) is 11.5. The van der Waals surface area contributed by atoms with Crippen LogP contribution in [-0.4, -0.2) is 33.2 Å². The summed E-state index contributed by atoms with van der Waals surface area (Å²) in [7, 11) is 1.72. The number of thioether (sulfide) groups is 1. The second-order valence-corrected chi connectivity index (χ2v) is 8.93. The van der Waals surface area contributed by atoms with Gasteiger partial charge >= 0.3 is 0 Å². The van der Waals surface area contributed by atoms with E-state index in [9.17, 15) is 9.59 Å². The second-order valence-electron chi connectivity index (χ2n) is 7.17. The molecule has 1 amide bonds. The van der Waals surface area contributed by atoms with Gasteiger partial charge in [0.1, 0.15) is 5.76 Å². The van der Waals surface area contributed by atoms with Crippen LogP contribution in [0.25, 0.3) is 10.9 Å². The Balaban J connectivity index is 1.54. The summed E-state index contributed by atoms with van der Waals surface area (Å²) in [6, 6.07) is 16.0. The van der Waals surface area contributed by atoms with Crippen LogP contribution in [0.5, 0.6) is 0 Å². The third kappa shape index (κ3) is 5.01. The van der Waals surface area contributed by atoms with E-state index in [4.69, 9.17) is 27.6 Å². The highest BCUT2D eigenvalue weighted by Gasteiger charge is 2.16. The molecule has 0 aliphatic carbocycles. The van der Waals surface area contributed by atoms with Crippen LogP contribution in [0.15, 0.2) is 75.2 Å². The lowest BCUT2D eigenvalue weighted by molar-refractivity contribution is -0.127. The van der Waals surface area contributed by atoms with Crippen LogP contribution in [0.2, 0.25) is 10.0 Å². The highest BCUT2D eigenvalue weighted by Crippen LogP contribution is 2.24. The number of rotatable bonds is 7. The number of benzene rings is 2. The van der Waals surface area contributed by atoms with Gasteiger partial charge in [-0.25, -0.2) is 4.98 Å². The van der Waals surface area contributed by atoms with Crippen LogP contribution < -0.4 is 5.56 Å². The molecule has 164 valence electrons. The van der Waals surface area contributed by atoms with Crippen LogP contribution in [-0.2, 0) is 17.9 Å². The average molecular weight is 488 g/mol. The van der Waals surface area contributed by atoms with E-state index in [1.807, 2.05) is 12.1 Å². The molecule has 9 heteroatoms. The van der Waals surface area contributed by atoms with Crippen molar-refractivity contribution in [3.05, 3.63) is 92.6 Å². The van der Waals surface area contributed by atoms with E-state index in [1.54, 1.807) is 60.7 Å². The van der Waals surface area contributed by atoms with Crippen LogP contribution in [0.1, 0.15) is 11.3 Å². The van der Waals surface area contributed by atoms with Crippen molar-refractivity contribution in [1.29, 1.82) is 0 Å². The molecule has 6 nitrogen and oxygen atoms in total. The maximum atomic E-state index is 13.1. The number of carbonyl (C=O) groups is 1. The summed E-state index contributed by atoms with van der Waals surface area (Å²) in [4.78, 5) is 32.1. The Hall–Kier alpha value is -2.74. The van der Waals surface area contributed by atoms with Crippen molar-refractivity contribution in [2.45, 2.75) is 18.2 Å². The van der Waals surface area contributed by atoms with Crippen molar-refractivity contribution in [2.24, 2.45) is 0 Å². The van der Waals surface area contributed by atoms with Crippen molar-refractivity contribution >= 4 is 51.8 Å². The lowest BCUT2D eigenvalue weighted by atomic mass is 10.2. The Kier molecular flexibility index (Phi) is 6.89. The minimum atomic E-state index is -0.175. The molecule has 0 saturated heterocycles. The van der Waals surface area contributed by atoms with Crippen molar-refractivity contribution in [3.63, 3.8) is 0 Å². The summed E-state index contributed by atoms with van der Waals surface area (Å²) < 4.78 is 6.96. The lowest BCUT2D eigenvalue weighted by Gasteiger charge is -2.18. The largest absolute Gasteiger partial charge is 0.467 e. The van der Waals surface area contributed by atoms with E-state index in [2.05, 4.69) is 4.98 Å². The maximum absolute atomic E-state index is 13.1. The molecule has 4 rings (SSSR count). The predicted molar refractivity (Wildman–Crippen MR) is 127 cm³/mol. The molecule has 0 aliphatic rings. The zero-order chi connectivity index (χ0) is 22.7. The minimum Gasteiger partial charge on any atom is -0.467 e. The van der Waals surface area contributed by atoms with E-state index in [1.165, 1.54) is 16.3 Å². The summed E-state index contributed by atoms with van der Waals surface area (Å²) in [6.07, 6.45) is 1.56. The van der Waals surface area contributed by atoms with Crippen LogP contribution in [0.4, 0.5) is 0 Å². The molecule has 0 atom stereocenters. The van der Waals surface area contributed by atoms with Crippen molar-refractivity contribution in [2.75, 3.05) is 12.8 Å². The van der Waals surface area contributed by atoms with E-state index in [0.29, 0.717) is 38.4 Å². The number of fused-ring (bicyclic) bond motifs is 1. The lowest BCUT2D eigenvalue weighted by Crippen LogP contribution is -2.29. The number of furan rings is 1. The van der Waals surface area contributed by atoms with Gasteiger partial charge < -0.3 is 9.32 Å². The van der Waals surface area contributed by atoms with Gasteiger partial charge in [-0.05, 0) is 42.0 Å². The molecule has 2 heterocycles. The average Bonchev–Trinajstić information content (AvgIpc) is 3.30. The molecule has 32 heavy (non-hydrogen) atoms. The van der Waals surface area contributed by atoms with Crippen LogP contribution in [0, 0.1) is 0 Å². The fourth-order valence-electron chi connectivity index (χ4n) is 3.19. The number of nitrogens with zero attached hydrogens (tertiary/aromatic N) is 3. The molecule has 0 radical (unpaired) electrons. The smallest absolute Gasteiger partial charge is 0.262 e. The van der Waals surface area contributed by atoms with Gasteiger partial charge in [-0.3, -0.25) is 14.2 Å². The number of amides is 1. The standard InChI is InChI=1S/C23H19Cl2N3O3S/c1-27(12-15-8-9-18(24)19(25)11-15)21(29)14-32-23-26-20-7-3-2-6-17(20)22(30)28(23)13-16-5-4-10-31-16/h2-11H,12-14H2,1H3. The van der Waals surface area contributed by atoms with Crippen molar-refractivity contribution in [3.8, 4) is 0 Å². The predicted octanol–water partition coefficient (Wildman–Crippen LogP) is 5.10. The summed E-state index contributed by atoms with van der Waals surface area (Å²) in [5.41, 5.74) is 1.29. The van der Waals surface area contributed by atoms with Gasteiger partial charge in [0.05, 0.1) is 39.5 Å². The molecule has 0 saturated carbocycles. The third-order valence-corrected chi connectivity index (χ3v) is 6.58. The zero-order valence-electron chi connectivity index (χ0n) is 17.1. The molecular weight excluding hydrogens is 469 g/mol. The third-order valence-electron chi connectivity index (χ3n) is 4.87. The quantitative estimate of drug-likeness (QED) is 0.268. The number of aromatic nitrogens is 2. The Labute approximate surface area is 198 Å². The molecule has 2 aromatic heterocycles. The minimum absolute atomic E-state index is 0.104. The van der Waals surface area contributed by atoms with Crippen LogP contribution >= 0.6 is 35.0 Å². The highest BCUT2D eigenvalue weighted by molar-refractivity contribution is 7.99. The van der Waals surface area contributed by atoms with Gasteiger partial charge in [0.25, 0.3) is 5.56 Å². The Morgan fingerprint density at radius 1 is 1.12 bits per heavy atom. The highest BCUT2D eigenvalue weighted by atomic mass is 35.5. The molecule has 0 N–H and O–H groups in total. The second kappa shape index (κ2) is 9.81. The van der Waals surface area contributed by atoms with Gasteiger partial charge in [-0.15, -0.1) is 0 Å². The maximum Gasteiger partial charge on any atom is 0.262 e. The first-order valence-electron chi connectivity index (χ1n) is 9.75. The zero-order valence-corrected chi connectivity index (χ0v) is 19.5. The molecule has 0 aliphatic heterocycles. The number of carbonyl (C=O) groups excluding carboxylic acids is 1. The first-order chi connectivity index (χ1) is 15.4. The van der Waals surface area contributed by atoms with E-state index in [-0.39, 0.29) is 23.8 Å². The topological polar surface area (TPSA) is 68.3 Å². The van der Waals surface area contributed by atoms with Gasteiger partial charge in [0.15, 0.2) is 5.16 Å². The number of hydrogen-bond acceptors (Lipinski definition) is 5. The molecule has 0 bridgehead atoms. The summed E-state index contributed by atoms with van der Waals surface area (Å²) in [5, 5.41) is 1.89. The molecule has 4 aromatic rings. The molecule has 0 spiro atoms. The van der Waals surface area contributed by atoms with E-state index >= 15 is 0 Å². The normalized spacial score (nSPS) is 11.1. The monoisotopic (exact) mass is 487 g/mol. The Morgan fingerprint density at radius 3 is 2.69 bits per heavy atom. The van der Waals surface area contributed by atoms with Gasteiger partial charge in [0.2, 0.25) is 5.91 Å². The fourth-order valence-corrected chi connectivity index (χ4v) is 4.45. The van der Waals surface area contributed by atoms with Gasteiger partial charge in [-0.2, -0.15) is 0 Å². The summed E-state index contributed by atoms with van der Waals surface area (Å²) >= 11 is 13.3. The van der Waals surface area contributed by atoms with Crippen molar-refractivity contribution in [1.82, 2.24) is 14.5 Å². The van der Waals surface area contributed by atoms with E-state index in [0.717, 1.165) is 5.56 Å². The Bertz CT molecular complexity index is 1320. The molecule has 0 unspecified atom stereocenters. The number of para-hydroxylation sites is 1. The van der Waals surface area contributed by atoms with Gasteiger partial charge in [0, 0.05) is 13.6 Å². The van der Waals surface area contributed by atoms with Crippen molar-refractivity contribution < 1.29 is 9.21 Å². The SMILES string of the molecule is CN(Cc1ccc(Cl)c(Cl)c1)C(=O)CSc1nc2ccccc2c(=O)n1Cc1ccco1. The Morgan fingerprint density at radius 2 is 1.94 bits per heavy atom. The summed E-state index contributed by atoms with van der Waals surface area (Å²) in [5.74, 6) is 0.655. The summed E-state index contributed by atoms with van der Waals surface area (Å²) in [6.45, 7) is 0.625. The molecule has 0 fully saturated rings. The van der Waals surface area contributed by atoms with Gasteiger partial charge in [-0.1, -0.05) is 53.2 Å². The van der Waals surface area contributed by atoms with Crippen LogP contribution in [0.3, 0.4) is 0 Å².